The molecule has 1 aromatic carbocycles. The van der Waals surface area contributed by atoms with Crippen molar-refractivity contribution in [3.63, 3.8) is 0 Å². The molecule has 3 N–H and O–H groups in total. The Hall–Kier alpha value is -0.940. The maximum atomic E-state index is 13.7. The van der Waals surface area contributed by atoms with Crippen LogP contribution in [0.3, 0.4) is 0 Å². The van der Waals surface area contributed by atoms with E-state index in [-0.39, 0.29) is 17.0 Å². The molecule has 3 nitrogen and oxygen atoms in total. The Balaban J connectivity index is 2.16. The molecular formula is C13H16BrFN2O. The number of hydrogen-bond acceptors (Lipinski definition) is 2. The zero-order valence-electron chi connectivity index (χ0n) is 10.0. The van der Waals surface area contributed by atoms with Gasteiger partial charge in [-0.25, -0.2) is 4.39 Å². The lowest BCUT2D eigenvalue weighted by molar-refractivity contribution is 0.0899. The Bertz CT molecular complexity index is 458. The number of nitrogens with two attached hydrogens (primary N) is 1. The van der Waals surface area contributed by atoms with E-state index in [1.165, 1.54) is 12.1 Å². The molecule has 1 aliphatic rings. The summed E-state index contributed by atoms with van der Waals surface area (Å²) in [5.74, 6) is -0.903. The highest BCUT2D eigenvalue weighted by molar-refractivity contribution is 9.10. The molecule has 18 heavy (non-hydrogen) atoms. The van der Waals surface area contributed by atoms with Gasteiger partial charge in [0.25, 0.3) is 5.91 Å². The zero-order valence-corrected chi connectivity index (χ0v) is 11.6. The molecule has 0 aromatic heterocycles. The number of halogens is 2. The molecule has 98 valence electrons. The van der Waals surface area contributed by atoms with E-state index in [9.17, 15) is 9.18 Å². The third kappa shape index (κ3) is 2.72. The molecule has 2 rings (SSSR count). The second-order valence-corrected chi connectivity index (χ2v) is 5.69. The fourth-order valence-corrected chi connectivity index (χ4v) is 2.75. The molecule has 1 amide bonds. The summed E-state index contributed by atoms with van der Waals surface area (Å²) in [5.41, 5.74) is 5.46. The summed E-state index contributed by atoms with van der Waals surface area (Å²) in [7, 11) is 0. The molecule has 5 heteroatoms. The van der Waals surface area contributed by atoms with Crippen molar-refractivity contribution < 1.29 is 9.18 Å². The summed E-state index contributed by atoms with van der Waals surface area (Å²) >= 11 is 3.17. The summed E-state index contributed by atoms with van der Waals surface area (Å²) in [6.45, 7) is 0.400. The van der Waals surface area contributed by atoms with E-state index in [0.717, 1.165) is 25.7 Å². The van der Waals surface area contributed by atoms with Crippen LogP contribution in [-0.4, -0.2) is 18.0 Å². The Kier molecular flexibility index (Phi) is 4.02. The minimum absolute atomic E-state index is 0.0675. The number of hydrogen-bond donors (Lipinski definition) is 2. The molecule has 0 unspecified atom stereocenters. The standard InChI is InChI=1S/C13H16BrFN2O/c14-9-3-4-10(11(15)7-9)12(18)17-13(8-16)5-1-2-6-13/h3-4,7H,1-2,5-6,8,16H2,(H,17,18). The second kappa shape index (κ2) is 5.36. The van der Waals surface area contributed by atoms with Crippen LogP contribution in [0.15, 0.2) is 22.7 Å². The van der Waals surface area contributed by atoms with E-state index in [1.807, 2.05) is 0 Å². The largest absolute Gasteiger partial charge is 0.345 e. The molecule has 0 bridgehead atoms. The number of carbonyl (C=O) groups is 1. The smallest absolute Gasteiger partial charge is 0.254 e. The molecule has 1 aliphatic carbocycles. The lowest BCUT2D eigenvalue weighted by Gasteiger charge is -2.28. The first-order valence-corrected chi connectivity index (χ1v) is 6.83. The topological polar surface area (TPSA) is 55.1 Å². The van der Waals surface area contributed by atoms with Crippen molar-refractivity contribution in [1.29, 1.82) is 0 Å². The first-order valence-electron chi connectivity index (χ1n) is 6.04. The fourth-order valence-electron chi connectivity index (χ4n) is 2.41. The van der Waals surface area contributed by atoms with E-state index < -0.39 is 5.82 Å². The highest BCUT2D eigenvalue weighted by Crippen LogP contribution is 2.29. The lowest BCUT2D eigenvalue weighted by atomic mass is 9.97. The van der Waals surface area contributed by atoms with Gasteiger partial charge < -0.3 is 11.1 Å². The first-order chi connectivity index (χ1) is 8.56. The van der Waals surface area contributed by atoms with Crippen molar-refractivity contribution >= 4 is 21.8 Å². The molecule has 0 radical (unpaired) electrons. The molecule has 0 aliphatic heterocycles. The van der Waals surface area contributed by atoms with E-state index in [2.05, 4.69) is 21.2 Å². The first kappa shape index (κ1) is 13.5. The molecule has 1 fully saturated rings. The van der Waals surface area contributed by atoms with Gasteiger partial charge in [-0.1, -0.05) is 28.8 Å². The van der Waals surface area contributed by atoms with Crippen LogP contribution in [0, 0.1) is 5.82 Å². The van der Waals surface area contributed by atoms with Crippen molar-refractivity contribution in [1.82, 2.24) is 5.32 Å². The summed E-state index contributed by atoms with van der Waals surface area (Å²) in [6.07, 6.45) is 3.85. The molecule has 0 heterocycles. The van der Waals surface area contributed by atoms with Gasteiger partial charge in [0.15, 0.2) is 0 Å². The molecule has 0 atom stereocenters. The van der Waals surface area contributed by atoms with Gasteiger partial charge >= 0.3 is 0 Å². The molecular weight excluding hydrogens is 299 g/mol. The van der Waals surface area contributed by atoms with Crippen molar-refractivity contribution in [3.05, 3.63) is 34.1 Å². The van der Waals surface area contributed by atoms with Gasteiger partial charge in [0.2, 0.25) is 0 Å². The predicted octanol–water partition coefficient (Wildman–Crippen LogP) is 2.59. The third-order valence-electron chi connectivity index (χ3n) is 3.51. The number of nitrogens with one attached hydrogen (secondary N) is 1. The van der Waals surface area contributed by atoms with Crippen LogP contribution in [0.1, 0.15) is 36.0 Å². The monoisotopic (exact) mass is 314 g/mol. The minimum Gasteiger partial charge on any atom is -0.345 e. The van der Waals surface area contributed by atoms with Crippen molar-refractivity contribution in [2.24, 2.45) is 5.73 Å². The van der Waals surface area contributed by atoms with Gasteiger partial charge in [0.05, 0.1) is 11.1 Å². The summed E-state index contributed by atoms with van der Waals surface area (Å²) in [5, 5.41) is 2.90. The zero-order chi connectivity index (χ0) is 13.2. The predicted molar refractivity (Wildman–Crippen MR) is 71.8 cm³/mol. The van der Waals surface area contributed by atoms with E-state index in [4.69, 9.17) is 5.73 Å². The van der Waals surface area contributed by atoms with E-state index in [0.29, 0.717) is 11.0 Å². The van der Waals surface area contributed by atoms with Crippen LogP contribution in [0.25, 0.3) is 0 Å². The van der Waals surface area contributed by atoms with Gasteiger partial charge in [0, 0.05) is 11.0 Å². The van der Waals surface area contributed by atoms with Crippen LogP contribution in [-0.2, 0) is 0 Å². The van der Waals surface area contributed by atoms with Crippen LogP contribution >= 0.6 is 15.9 Å². The molecule has 1 saturated carbocycles. The third-order valence-corrected chi connectivity index (χ3v) is 4.00. The number of carbonyl (C=O) groups excluding carboxylic acids is 1. The molecule has 0 spiro atoms. The number of rotatable bonds is 3. The number of amides is 1. The Labute approximate surface area is 114 Å². The lowest BCUT2D eigenvalue weighted by Crippen LogP contribution is -2.51. The average Bonchev–Trinajstić information content (AvgIpc) is 2.78. The van der Waals surface area contributed by atoms with Crippen LogP contribution < -0.4 is 11.1 Å². The van der Waals surface area contributed by atoms with Crippen LogP contribution in [0.5, 0.6) is 0 Å². The fraction of sp³-hybridized carbons (Fsp3) is 0.462. The van der Waals surface area contributed by atoms with Gasteiger partial charge in [-0.15, -0.1) is 0 Å². The van der Waals surface area contributed by atoms with Gasteiger partial charge in [-0.05, 0) is 31.0 Å². The van der Waals surface area contributed by atoms with E-state index >= 15 is 0 Å². The molecule has 0 saturated heterocycles. The Morgan fingerprint density at radius 1 is 1.44 bits per heavy atom. The van der Waals surface area contributed by atoms with Gasteiger partial charge in [-0.2, -0.15) is 0 Å². The van der Waals surface area contributed by atoms with Crippen LogP contribution in [0.2, 0.25) is 0 Å². The second-order valence-electron chi connectivity index (χ2n) is 4.77. The highest BCUT2D eigenvalue weighted by Gasteiger charge is 2.34. The molecule has 1 aromatic rings. The van der Waals surface area contributed by atoms with Crippen LogP contribution in [0.4, 0.5) is 4.39 Å². The maximum absolute atomic E-state index is 13.7. The van der Waals surface area contributed by atoms with Crippen molar-refractivity contribution in [2.45, 2.75) is 31.2 Å². The van der Waals surface area contributed by atoms with Crippen molar-refractivity contribution in [2.75, 3.05) is 6.54 Å². The Morgan fingerprint density at radius 3 is 2.67 bits per heavy atom. The minimum atomic E-state index is -0.521. The quantitative estimate of drug-likeness (QED) is 0.901. The Morgan fingerprint density at radius 2 is 2.11 bits per heavy atom. The number of benzene rings is 1. The van der Waals surface area contributed by atoms with E-state index in [1.54, 1.807) is 6.07 Å². The van der Waals surface area contributed by atoms with Crippen molar-refractivity contribution in [3.8, 4) is 0 Å². The average molecular weight is 315 g/mol. The normalized spacial score (nSPS) is 17.7. The summed E-state index contributed by atoms with van der Waals surface area (Å²) in [4.78, 5) is 12.1. The van der Waals surface area contributed by atoms with Gasteiger partial charge in [-0.3, -0.25) is 4.79 Å². The van der Waals surface area contributed by atoms with Gasteiger partial charge in [0.1, 0.15) is 5.82 Å². The highest BCUT2D eigenvalue weighted by atomic mass is 79.9. The summed E-state index contributed by atoms with van der Waals surface area (Å²) < 4.78 is 14.3. The SMILES string of the molecule is NCC1(NC(=O)c2ccc(Br)cc2F)CCCC1. The summed E-state index contributed by atoms with van der Waals surface area (Å²) in [6, 6.07) is 4.42. The maximum Gasteiger partial charge on any atom is 0.254 e.